The summed E-state index contributed by atoms with van der Waals surface area (Å²) in [4.78, 5) is 22.5. The van der Waals surface area contributed by atoms with Gasteiger partial charge in [0.05, 0.1) is 5.56 Å². The summed E-state index contributed by atoms with van der Waals surface area (Å²) in [6, 6.07) is 6.49. The van der Waals surface area contributed by atoms with Crippen molar-refractivity contribution in [1.29, 1.82) is 0 Å². The predicted octanol–water partition coefficient (Wildman–Crippen LogP) is 0.690. The number of ether oxygens (including phenoxy) is 1. The Balaban J connectivity index is 2.80. The smallest absolute Gasteiger partial charge is 0.341 e. The molecule has 5 heteroatoms. The summed E-state index contributed by atoms with van der Waals surface area (Å²) in [5, 5.41) is 0. The maximum Gasteiger partial charge on any atom is 0.341 e. The second-order valence-electron chi connectivity index (χ2n) is 3.29. The van der Waals surface area contributed by atoms with Crippen LogP contribution in [-0.2, 0) is 9.53 Å². The Bertz CT molecular complexity index is 404. The molecule has 0 aliphatic carbocycles. The van der Waals surface area contributed by atoms with Gasteiger partial charge in [-0.3, -0.25) is 4.79 Å². The summed E-state index contributed by atoms with van der Waals surface area (Å²) < 4.78 is 4.93. The lowest BCUT2D eigenvalue weighted by molar-refractivity contribution is -0.126. The van der Waals surface area contributed by atoms with Crippen molar-refractivity contribution in [3.05, 3.63) is 29.8 Å². The van der Waals surface area contributed by atoms with Crippen molar-refractivity contribution in [2.75, 3.05) is 5.73 Å². The molecule has 0 fully saturated rings. The van der Waals surface area contributed by atoms with Crippen molar-refractivity contribution in [2.45, 2.75) is 19.4 Å². The Hall–Kier alpha value is -2.04. The molecule has 0 saturated carbocycles. The minimum Gasteiger partial charge on any atom is -0.449 e. The number of hydrogen-bond acceptors (Lipinski definition) is 4. The molecule has 1 rings (SSSR count). The molecule has 0 saturated heterocycles. The Morgan fingerprint density at radius 3 is 2.50 bits per heavy atom. The van der Waals surface area contributed by atoms with Gasteiger partial charge in [-0.15, -0.1) is 0 Å². The number of rotatable bonds is 4. The molecule has 5 nitrogen and oxygen atoms in total. The lowest BCUT2D eigenvalue weighted by atomic mass is 10.2. The van der Waals surface area contributed by atoms with Gasteiger partial charge in [-0.1, -0.05) is 19.1 Å². The summed E-state index contributed by atoms with van der Waals surface area (Å²) in [6.07, 6.45) is -0.569. The van der Waals surface area contributed by atoms with E-state index in [-0.39, 0.29) is 5.56 Å². The first kappa shape index (κ1) is 12.0. The number of anilines is 1. The van der Waals surface area contributed by atoms with Crippen LogP contribution >= 0.6 is 0 Å². The van der Waals surface area contributed by atoms with Gasteiger partial charge < -0.3 is 16.2 Å². The number of benzene rings is 1. The number of esters is 1. The normalized spacial score (nSPS) is 11.8. The van der Waals surface area contributed by atoms with Crippen molar-refractivity contribution in [2.24, 2.45) is 5.73 Å². The third-order valence-corrected chi connectivity index (χ3v) is 2.12. The Morgan fingerprint density at radius 1 is 1.38 bits per heavy atom. The zero-order valence-electron chi connectivity index (χ0n) is 8.97. The van der Waals surface area contributed by atoms with Crippen molar-refractivity contribution in [1.82, 2.24) is 0 Å². The van der Waals surface area contributed by atoms with Gasteiger partial charge in [0.1, 0.15) is 0 Å². The first-order valence-corrected chi connectivity index (χ1v) is 4.91. The van der Waals surface area contributed by atoms with Crippen LogP contribution in [0.4, 0.5) is 5.69 Å². The van der Waals surface area contributed by atoms with Crippen LogP contribution in [0.3, 0.4) is 0 Å². The molecule has 4 N–H and O–H groups in total. The Morgan fingerprint density at radius 2 is 2.00 bits per heavy atom. The molecule has 1 aromatic carbocycles. The summed E-state index contributed by atoms with van der Waals surface area (Å²) in [6.45, 7) is 1.71. The highest BCUT2D eigenvalue weighted by molar-refractivity contribution is 5.96. The fraction of sp³-hybridized carbons (Fsp3) is 0.273. The van der Waals surface area contributed by atoms with Crippen LogP contribution in [-0.4, -0.2) is 18.0 Å². The van der Waals surface area contributed by atoms with E-state index < -0.39 is 18.0 Å². The highest BCUT2D eigenvalue weighted by Crippen LogP contribution is 2.13. The number of nitrogen functional groups attached to an aromatic ring is 1. The SMILES string of the molecule is CCC(OC(=O)c1ccccc1N)C(N)=O. The second kappa shape index (κ2) is 5.16. The van der Waals surface area contributed by atoms with Gasteiger partial charge in [-0.05, 0) is 18.6 Å². The molecule has 0 heterocycles. The monoisotopic (exact) mass is 222 g/mol. The standard InChI is InChI=1S/C11H14N2O3/c1-2-9(10(13)14)16-11(15)7-5-3-4-6-8(7)12/h3-6,9H,2,12H2,1H3,(H2,13,14). The first-order valence-electron chi connectivity index (χ1n) is 4.91. The van der Waals surface area contributed by atoms with Gasteiger partial charge in [-0.25, -0.2) is 4.79 Å². The molecule has 0 radical (unpaired) electrons. The van der Waals surface area contributed by atoms with E-state index in [4.69, 9.17) is 16.2 Å². The number of carbonyl (C=O) groups excluding carboxylic acids is 2. The molecule has 0 bridgehead atoms. The quantitative estimate of drug-likeness (QED) is 0.578. The summed E-state index contributed by atoms with van der Waals surface area (Å²) in [5.74, 6) is -1.30. The molecule has 0 aromatic heterocycles. The van der Waals surface area contributed by atoms with Crippen LogP contribution in [0, 0.1) is 0 Å². The summed E-state index contributed by atoms with van der Waals surface area (Å²) in [5.41, 5.74) is 11.2. The van der Waals surface area contributed by atoms with Crippen LogP contribution in [0.2, 0.25) is 0 Å². The number of para-hydroxylation sites is 1. The van der Waals surface area contributed by atoms with Gasteiger partial charge in [0.15, 0.2) is 6.10 Å². The molecule has 1 atom stereocenters. The molecule has 1 unspecified atom stereocenters. The van der Waals surface area contributed by atoms with Crippen molar-refractivity contribution < 1.29 is 14.3 Å². The van der Waals surface area contributed by atoms with Crippen molar-refractivity contribution in [3.8, 4) is 0 Å². The maximum atomic E-state index is 11.6. The van der Waals surface area contributed by atoms with E-state index in [2.05, 4.69) is 0 Å². The number of hydrogen-bond donors (Lipinski definition) is 2. The summed E-state index contributed by atoms with van der Waals surface area (Å²) in [7, 11) is 0. The lowest BCUT2D eigenvalue weighted by Gasteiger charge is -2.13. The largest absolute Gasteiger partial charge is 0.449 e. The lowest BCUT2D eigenvalue weighted by Crippen LogP contribution is -2.32. The minimum absolute atomic E-state index is 0.238. The molecule has 0 aliphatic rings. The van der Waals surface area contributed by atoms with Crippen LogP contribution < -0.4 is 11.5 Å². The topological polar surface area (TPSA) is 95.4 Å². The van der Waals surface area contributed by atoms with Crippen molar-refractivity contribution in [3.63, 3.8) is 0 Å². The van der Waals surface area contributed by atoms with Crippen LogP contribution in [0.25, 0.3) is 0 Å². The zero-order valence-corrected chi connectivity index (χ0v) is 8.97. The van der Waals surface area contributed by atoms with E-state index in [1.807, 2.05) is 0 Å². The fourth-order valence-electron chi connectivity index (χ4n) is 1.22. The van der Waals surface area contributed by atoms with Gasteiger partial charge in [0.25, 0.3) is 5.91 Å². The summed E-state index contributed by atoms with van der Waals surface area (Å²) >= 11 is 0. The molecule has 0 spiro atoms. The van der Waals surface area contributed by atoms with Crippen LogP contribution in [0.15, 0.2) is 24.3 Å². The predicted molar refractivity (Wildman–Crippen MR) is 59.5 cm³/mol. The van der Waals surface area contributed by atoms with E-state index in [1.165, 1.54) is 6.07 Å². The number of nitrogens with two attached hydrogens (primary N) is 2. The fourth-order valence-corrected chi connectivity index (χ4v) is 1.22. The number of primary amides is 1. The second-order valence-corrected chi connectivity index (χ2v) is 3.29. The average Bonchev–Trinajstić information content (AvgIpc) is 2.25. The molecule has 16 heavy (non-hydrogen) atoms. The van der Waals surface area contributed by atoms with E-state index >= 15 is 0 Å². The van der Waals surface area contributed by atoms with Crippen LogP contribution in [0.5, 0.6) is 0 Å². The number of carbonyl (C=O) groups is 2. The first-order chi connectivity index (χ1) is 7.56. The van der Waals surface area contributed by atoms with E-state index in [9.17, 15) is 9.59 Å². The third kappa shape index (κ3) is 2.73. The molecule has 1 amide bonds. The average molecular weight is 222 g/mol. The van der Waals surface area contributed by atoms with Crippen LogP contribution in [0.1, 0.15) is 23.7 Å². The van der Waals surface area contributed by atoms with E-state index in [0.29, 0.717) is 12.1 Å². The third-order valence-electron chi connectivity index (χ3n) is 2.12. The molecular formula is C11H14N2O3. The van der Waals surface area contributed by atoms with Gasteiger partial charge in [-0.2, -0.15) is 0 Å². The van der Waals surface area contributed by atoms with Crippen molar-refractivity contribution >= 4 is 17.6 Å². The van der Waals surface area contributed by atoms with E-state index in [0.717, 1.165) is 0 Å². The Labute approximate surface area is 93.4 Å². The van der Waals surface area contributed by atoms with Gasteiger partial charge >= 0.3 is 5.97 Å². The highest BCUT2D eigenvalue weighted by atomic mass is 16.5. The number of amides is 1. The molecule has 86 valence electrons. The highest BCUT2D eigenvalue weighted by Gasteiger charge is 2.20. The maximum absolute atomic E-state index is 11.6. The molecule has 1 aromatic rings. The minimum atomic E-state index is -0.910. The van der Waals surface area contributed by atoms with Gasteiger partial charge in [0, 0.05) is 5.69 Å². The van der Waals surface area contributed by atoms with E-state index in [1.54, 1.807) is 25.1 Å². The Kier molecular flexibility index (Phi) is 3.88. The zero-order chi connectivity index (χ0) is 12.1. The molecule has 0 aliphatic heterocycles. The molecular weight excluding hydrogens is 208 g/mol. The van der Waals surface area contributed by atoms with Gasteiger partial charge in [0.2, 0.25) is 0 Å².